The van der Waals surface area contributed by atoms with Crippen molar-refractivity contribution < 1.29 is 19.2 Å². The third-order valence-corrected chi connectivity index (χ3v) is 2.08. The van der Waals surface area contributed by atoms with Crippen LogP contribution >= 0.6 is 0 Å². The van der Waals surface area contributed by atoms with Gasteiger partial charge in [0.2, 0.25) is 0 Å². The van der Waals surface area contributed by atoms with Crippen molar-refractivity contribution in [2.24, 2.45) is 0 Å². The van der Waals surface area contributed by atoms with Crippen molar-refractivity contribution in [3.05, 3.63) is 39.9 Å². The highest BCUT2D eigenvalue weighted by Gasteiger charge is 2.14. The van der Waals surface area contributed by atoms with Crippen molar-refractivity contribution in [3.8, 4) is 0 Å². The van der Waals surface area contributed by atoms with Crippen LogP contribution in [0.1, 0.15) is 24.2 Å². The van der Waals surface area contributed by atoms with E-state index in [1.54, 1.807) is 13.8 Å². The van der Waals surface area contributed by atoms with Gasteiger partial charge in [-0.2, -0.15) is 0 Å². The van der Waals surface area contributed by atoms with Crippen LogP contribution in [0.3, 0.4) is 0 Å². The number of benzene rings is 1. The number of nitrogens with zero attached hydrogens (tertiary/aromatic N) is 1. The smallest absolute Gasteiger partial charge is 0.338 e. The van der Waals surface area contributed by atoms with Crippen LogP contribution < -0.4 is 5.32 Å². The van der Waals surface area contributed by atoms with Gasteiger partial charge in [0.25, 0.3) is 11.6 Å². The van der Waals surface area contributed by atoms with E-state index >= 15 is 0 Å². The van der Waals surface area contributed by atoms with Crippen LogP contribution in [-0.2, 0) is 9.53 Å². The molecule has 1 amide bonds. The number of ether oxygens (including phenoxy) is 1. The number of amides is 1. The molecule has 0 heterocycles. The Kier molecular flexibility index (Phi) is 4.99. The minimum atomic E-state index is -0.775. The van der Waals surface area contributed by atoms with E-state index in [1.807, 2.05) is 0 Å². The van der Waals surface area contributed by atoms with Crippen LogP contribution in [0.5, 0.6) is 0 Å². The van der Waals surface area contributed by atoms with E-state index in [-0.39, 0.29) is 17.3 Å². The number of rotatable bonds is 5. The predicted molar refractivity (Wildman–Crippen MR) is 66.7 cm³/mol. The molecule has 0 atom stereocenters. The molecule has 0 bridgehead atoms. The second kappa shape index (κ2) is 6.48. The van der Waals surface area contributed by atoms with Gasteiger partial charge < -0.3 is 10.1 Å². The van der Waals surface area contributed by atoms with E-state index in [4.69, 9.17) is 4.74 Å². The van der Waals surface area contributed by atoms with Crippen molar-refractivity contribution in [2.45, 2.75) is 19.9 Å². The van der Waals surface area contributed by atoms with Crippen molar-refractivity contribution in [3.63, 3.8) is 0 Å². The Morgan fingerprint density at radius 1 is 1.42 bits per heavy atom. The molecule has 0 aliphatic carbocycles. The SMILES string of the molecule is CC(C)NC(=O)COC(=O)c1cccc([N+](=O)[O-])c1. The molecule has 0 spiro atoms. The van der Waals surface area contributed by atoms with E-state index < -0.39 is 23.4 Å². The number of nitrogens with one attached hydrogen (secondary N) is 1. The van der Waals surface area contributed by atoms with E-state index in [0.29, 0.717) is 0 Å². The maximum atomic E-state index is 11.6. The van der Waals surface area contributed by atoms with Crippen LogP contribution in [-0.4, -0.2) is 29.4 Å². The molecule has 0 saturated carbocycles. The summed E-state index contributed by atoms with van der Waals surface area (Å²) in [7, 11) is 0. The second-order valence-electron chi connectivity index (χ2n) is 4.11. The standard InChI is InChI=1S/C12H14N2O5/c1-8(2)13-11(15)7-19-12(16)9-4-3-5-10(6-9)14(17)18/h3-6,8H,7H2,1-2H3,(H,13,15). The summed E-state index contributed by atoms with van der Waals surface area (Å²) in [5.41, 5.74) is -0.173. The largest absolute Gasteiger partial charge is 0.452 e. The Morgan fingerprint density at radius 3 is 2.68 bits per heavy atom. The quantitative estimate of drug-likeness (QED) is 0.491. The predicted octanol–water partition coefficient (Wildman–Crippen LogP) is 1.28. The molecule has 0 fully saturated rings. The molecule has 0 saturated heterocycles. The molecule has 1 rings (SSSR count). The van der Waals surface area contributed by atoms with Gasteiger partial charge in [0, 0.05) is 18.2 Å². The summed E-state index contributed by atoms with van der Waals surface area (Å²) in [6, 6.07) is 5.08. The Morgan fingerprint density at radius 2 is 2.11 bits per heavy atom. The molecule has 0 radical (unpaired) electrons. The zero-order chi connectivity index (χ0) is 14.4. The first-order valence-electron chi connectivity index (χ1n) is 5.61. The highest BCUT2D eigenvalue weighted by Crippen LogP contribution is 2.13. The molecule has 19 heavy (non-hydrogen) atoms. The lowest BCUT2D eigenvalue weighted by atomic mass is 10.2. The number of hydrogen-bond donors (Lipinski definition) is 1. The number of nitro benzene ring substituents is 1. The molecule has 7 heteroatoms. The van der Waals surface area contributed by atoms with Crippen LogP contribution in [0.4, 0.5) is 5.69 Å². The second-order valence-corrected chi connectivity index (χ2v) is 4.11. The molecular formula is C12H14N2O5. The van der Waals surface area contributed by atoms with Crippen molar-refractivity contribution in [1.82, 2.24) is 5.32 Å². The first kappa shape index (κ1) is 14.6. The normalized spacial score (nSPS) is 10.1. The van der Waals surface area contributed by atoms with Gasteiger partial charge in [0.05, 0.1) is 10.5 Å². The van der Waals surface area contributed by atoms with E-state index in [9.17, 15) is 19.7 Å². The number of hydrogen-bond acceptors (Lipinski definition) is 5. The lowest BCUT2D eigenvalue weighted by Gasteiger charge is -2.08. The number of esters is 1. The third-order valence-electron chi connectivity index (χ3n) is 2.08. The number of carbonyl (C=O) groups is 2. The Balaban J connectivity index is 2.61. The van der Waals surface area contributed by atoms with Gasteiger partial charge >= 0.3 is 5.97 Å². The summed E-state index contributed by atoms with van der Waals surface area (Å²) in [6.45, 7) is 3.14. The summed E-state index contributed by atoms with van der Waals surface area (Å²) in [5.74, 6) is -1.20. The average Bonchev–Trinajstić information content (AvgIpc) is 2.35. The molecule has 0 aromatic heterocycles. The third kappa shape index (κ3) is 4.74. The molecule has 0 aliphatic heterocycles. The van der Waals surface area contributed by atoms with Gasteiger partial charge in [0.1, 0.15) is 0 Å². The van der Waals surface area contributed by atoms with E-state index in [1.165, 1.54) is 18.2 Å². The van der Waals surface area contributed by atoms with Gasteiger partial charge in [-0.25, -0.2) is 4.79 Å². The van der Waals surface area contributed by atoms with Crippen molar-refractivity contribution in [2.75, 3.05) is 6.61 Å². The van der Waals surface area contributed by atoms with Crippen molar-refractivity contribution in [1.29, 1.82) is 0 Å². The lowest BCUT2D eigenvalue weighted by molar-refractivity contribution is -0.384. The Labute approximate surface area is 109 Å². The summed E-state index contributed by atoms with van der Waals surface area (Å²) in [5, 5.41) is 13.1. The van der Waals surface area contributed by atoms with E-state index in [2.05, 4.69) is 5.32 Å². The minimum Gasteiger partial charge on any atom is -0.452 e. The van der Waals surface area contributed by atoms with Gasteiger partial charge in [-0.15, -0.1) is 0 Å². The highest BCUT2D eigenvalue weighted by molar-refractivity contribution is 5.91. The van der Waals surface area contributed by atoms with Gasteiger partial charge in [0.15, 0.2) is 6.61 Å². The molecule has 7 nitrogen and oxygen atoms in total. The van der Waals surface area contributed by atoms with Crippen LogP contribution in [0.15, 0.2) is 24.3 Å². The number of carbonyl (C=O) groups excluding carboxylic acids is 2. The van der Waals surface area contributed by atoms with Gasteiger partial charge in [-0.05, 0) is 19.9 Å². The molecule has 0 unspecified atom stereocenters. The Bertz CT molecular complexity index is 499. The maximum Gasteiger partial charge on any atom is 0.338 e. The fourth-order valence-corrected chi connectivity index (χ4v) is 1.32. The van der Waals surface area contributed by atoms with Gasteiger partial charge in [-0.3, -0.25) is 14.9 Å². The summed E-state index contributed by atoms with van der Waals surface area (Å²) < 4.78 is 4.75. The zero-order valence-electron chi connectivity index (χ0n) is 10.6. The first-order valence-corrected chi connectivity index (χ1v) is 5.61. The molecule has 1 N–H and O–H groups in total. The zero-order valence-corrected chi connectivity index (χ0v) is 10.6. The fourth-order valence-electron chi connectivity index (χ4n) is 1.32. The Hall–Kier alpha value is -2.44. The van der Waals surface area contributed by atoms with Crippen molar-refractivity contribution >= 4 is 17.6 Å². The fraction of sp³-hybridized carbons (Fsp3) is 0.333. The average molecular weight is 266 g/mol. The molecule has 1 aromatic carbocycles. The van der Waals surface area contributed by atoms with Crippen LogP contribution in [0, 0.1) is 10.1 Å². The minimum absolute atomic E-state index is 0.0338. The summed E-state index contributed by atoms with van der Waals surface area (Å²) >= 11 is 0. The molecule has 102 valence electrons. The highest BCUT2D eigenvalue weighted by atomic mass is 16.6. The first-order chi connectivity index (χ1) is 8.90. The van der Waals surface area contributed by atoms with E-state index in [0.717, 1.165) is 6.07 Å². The summed E-state index contributed by atoms with van der Waals surface area (Å²) in [6.07, 6.45) is 0. The topological polar surface area (TPSA) is 98.5 Å². The lowest BCUT2D eigenvalue weighted by Crippen LogP contribution is -2.33. The van der Waals surface area contributed by atoms with Gasteiger partial charge in [-0.1, -0.05) is 6.07 Å². The number of nitro groups is 1. The summed E-state index contributed by atoms with van der Waals surface area (Å²) in [4.78, 5) is 32.8. The molecule has 1 aromatic rings. The maximum absolute atomic E-state index is 11.6. The molecule has 0 aliphatic rings. The number of non-ortho nitro benzene ring substituents is 1. The van der Waals surface area contributed by atoms with Crippen LogP contribution in [0.2, 0.25) is 0 Å². The van der Waals surface area contributed by atoms with Crippen LogP contribution in [0.25, 0.3) is 0 Å². The molecular weight excluding hydrogens is 252 g/mol. The monoisotopic (exact) mass is 266 g/mol.